The number of carbonyl (C=O) groups excluding carboxylic acids is 2. The van der Waals surface area contributed by atoms with E-state index >= 15 is 0 Å². The molecule has 34 heavy (non-hydrogen) atoms. The van der Waals surface area contributed by atoms with Gasteiger partial charge in [-0.3, -0.25) is 4.79 Å². The van der Waals surface area contributed by atoms with Gasteiger partial charge in [-0.15, -0.1) is 0 Å². The van der Waals surface area contributed by atoms with E-state index in [9.17, 15) is 9.59 Å². The Kier molecular flexibility index (Phi) is 7.25. The summed E-state index contributed by atoms with van der Waals surface area (Å²) in [6, 6.07) is 12.0. The fourth-order valence-electron chi connectivity index (χ4n) is 5.21. The van der Waals surface area contributed by atoms with Gasteiger partial charge in [0, 0.05) is 47.6 Å². The van der Waals surface area contributed by atoms with Crippen molar-refractivity contribution in [1.29, 1.82) is 0 Å². The summed E-state index contributed by atoms with van der Waals surface area (Å²) in [4.78, 5) is 30.0. The van der Waals surface area contributed by atoms with E-state index in [1.807, 2.05) is 17.9 Å². The Bertz CT molecular complexity index is 1180. The van der Waals surface area contributed by atoms with Crippen molar-refractivity contribution in [3.05, 3.63) is 64.8 Å². The van der Waals surface area contributed by atoms with Crippen LogP contribution in [0.3, 0.4) is 0 Å². The molecule has 0 radical (unpaired) electrons. The zero-order valence-electron chi connectivity index (χ0n) is 20.5. The normalized spacial score (nSPS) is 16.8. The molecule has 1 aromatic heterocycles. The number of hydrogen-bond acceptors (Lipinski definition) is 4. The number of nitrogens with zero attached hydrogens (tertiary/aromatic N) is 1. The summed E-state index contributed by atoms with van der Waals surface area (Å²) < 4.78 is 10.6. The van der Waals surface area contributed by atoms with Crippen LogP contribution in [-0.4, -0.2) is 49.1 Å². The molecule has 1 fully saturated rings. The van der Waals surface area contributed by atoms with Crippen molar-refractivity contribution in [2.45, 2.75) is 45.4 Å². The first-order chi connectivity index (χ1) is 16.5. The Morgan fingerprint density at radius 2 is 1.97 bits per heavy atom. The number of amides is 1. The Balaban J connectivity index is 1.70. The lowest BCUT2D eigenvalue weighted by molar-refractivity contribution is -0.130. The number of ether oxygens (including phenoxy) is 2. The Morgan fingerprint density at radius 1 is 1.15 bits per heavy atom. The number of nitrogens with one attached hydrogen (secondary N) is 1. The monoisotopic (exact) mass is 462 g/mol. The second-order valence-corrected chi connectivity index (χ2v) is 9.02. The molecule has 3 aromatic rings. The number of rotatable bonds is 9. The van der Waals surface area contributed by atoms with Gasteiger partial charge in [-0.1, -0.05) is 25.5 Å². The van der Waals surface area contributed by atoms with E-state index in [0.717, 1.165) is 49.9 Å². The molecule has 180 valence electrons. The minimum absolute atomic E-state index is 0.0668. The molecule has 0 spiro atoms. The highest BCUT2D eigenvalue weighted by molar-refractivity contribution is 5.90. The van der Waals surface area contributed by atoms with E-state index in [-0.39, 0.29) is 23.7 Å². The molecular weight excluding hydrogens is 428 g/mol. The van der Waals surface area contributed by atoms with Crippen molar-refractivity contribution in [2.75, 3.05) is 27.3 Å². The fraction of sp³-hybridized carbons (Fsp3) is 0.429. The Morgan fingerprint density at radius 3 is 2.65 bits per heavy atom. The van der Waals surface area contributed by atoms with Crippen LogP contribution >= 0.6 is 0 Å². The maximum absolute atomic E-state index is 12.6. The average Bonchev–Trinajstić information content (AvgIpc) is 3.44. The van der Waals surface area contributed by atoms with Gasteiger partial charge >= 0.3 is 5.97 Å². The molecule has 0 bridgehead atoms. The van der Waals surface area contributed by atoms with Gasteiger partial charge in [-0.25, -0.2) is 4.79 Å². The highest BCUT2D eigenvalue weighted by Crippen LogP contribution is 2.39. The molecule has 1 amide bonds. The van der Waals surface area contributed by atoms with Gasteiger partial charge in [-0.05, 0) is 61.6 Å². The largest absolute Gasteiger partial charge is 0.496 e. The average molecular weight is 463 g/mol. The zero-order valence-corrected chi connectivity index (χ0v) is 20.5. The van der Waals surface area contributed by atoms with Gasteiger partial charge in [-0.2, -0.15) is 0 Å². The van der Waals surface area contributed by atoms with E-state index < -0.39 is 0 Å². The number of likely N-dealkylation sites (tertiary alicyclic amines) is 1. The summed E-state index contributed by atoms with van der Waals surface area (Å²) in [5.74, 6) is 0.757. The third-order valence-corrected chi connectivity index (χ3v) is 7.03. The summed E-state index contributed by atoms with van der Waals surface area (Å²) in [5, 5.41) is 1.17. The molecule has 6 nitrogen and oxygen atoms in total. The number of esters is 1. The molecule has 2 heterocycles. The van der Waals surface area contributed by atoms with Gasteiger partial charge in [0.15, 0.2) is 0 Å². The van der Waals surface area contributed by atoms with Gasteiger partial charge in [0.25, 0.3) is 0 Å². The van der Waals surface area contributed by atoms with Crippen LogP contribution in [0.2, 0.25) is 0 Å². The Hall–Kier alpha value is -3.28. The minimum atomic E-state index is -0.378. The van der Waals surface area contributed by atoms with Crippen molar-refractivity contribution in [2.24, 2.45) is 5.92 Å². The van der Waals surface area contributed by atoms with E-state index in [1.165, 1.54) is 23.6 Å². The zero-order chi connectivity index (χ0) is 24.2. The molecule has 1 aliphatic rings. The minimum Gasteiger partial charge on any atom is -0.496 e. The van der Waals surface area contributed by atoms with Crippen LogP contribution < -0.4 is 4.74 Å². The van der Waals surface area contributed by atoms with Crippen LogP contribution in [0.15, 0.2) is 42.6 Å². The molecule has 1 aliphatic heterocycles. The second kappa shape index (κ2) is 10.3. The topological polar surface area (TPSA) is 71.6 Å². The van der Waals surface area contributed by atoms with Crippen LogP contribution in [0.1, 0.15) is 66.1 Å². The van der Waals surface area contributed by atoms with Crippen molar-refractivity contribution in [3.8, 4) is 5.75 Å². The first-order valence-electron chi connectivity index (χ1n) is 12.2. The lowest BCUT2D eigenvalue weighted by Gasteiger charge is -2.20. The van der Waals surface area contributed by atoms with E-state index in [2.05, 4.69) is 36.3 Å². The molecule has 2 atom stereocenters. The first kappa shape index (κ1) is 23.9. The Labute approximate surface area is 201 Å². The SMILES string of the molecule is CCCC(c1ccc(C(=O)OC)cc1OC)c1c[nH]c2ccc(CC3CCN(CC)C3=O)cc12. The van der Waals surface area contributed by atoms with Crippen molar-refractivity contribution >= 4 is 22.8 Å². The van der Waals surface area contributed by atoms with E-state index in [4.69, 9.17) is 9.47 Å². The summed E-state index contributed by atoms with van der Waals surface area (Å²) in [5.41, 5.74) is 5.00. The smallest absolute Gasteiger partial charge is 0.337 e. The highest BCUT2D eigenvalue weighted by atomic mass is 16.5. The summed E-state index contributed by atoms with van der Waals surface area (Å²) in [7, 11) is 3.01. The van der Waals surface area contributed by atoms with Crippen LogP contribution in [0.5, 0.6) is 5.75 Å². The quantitative estimate of drug-likeness (QED) is 0.438. The lowest BCUT2D eigenvalue weighted by atomic mass is 9.85. The predicted octanol–water partition coefficient (Wildman–Crippen LogP) is 5.31. The predicted molar refractivity (Wildman–Crippen MR) is 133 cm³/mol. The molecule has 0 saturated carbocycles. The maximum atomic E-state index is 12.6. The van der Waals surface area contributed by atoms with Crippen LogP contribution in [0.4, 0.5) is 0 Å². The van der Waals surface area contributed by atoms with Gasteiger partial charge in [0.2, 0.25) is 5.91 Å². The van der Waals surface area contributed by atoms with Gasteiger partial charge < -0.3 is 19.4 Å². The summed E-state index contributed by atoms with van der Waals surface area (Å²) >= 11 is 0. The molecule has 4 rings (SSSR count). The van der Waals surface area contributed by atoms with E-state index in [1.54, 1.807) is 19.2 Å². The van der Waals surface area contributed by atoms with Crippen LogP contribution in [0.25, 0.3) is 10.9 Å². The molecule has 2 aromatic carbocycles. The van der Waals surface area contributed by atoms with Gasteiger partial charge in [0.05, 0.1) is 19.8 Å². The highest BCUT2D eigenvalue weighted by Gasteiger charge is 2.30. The number of hydrogen-bond donors (Lipinski definition) is 1. The second-order valence-electron chi connectivity index (χ2n) is 9.02. The van der Waals surface area contributed by atoms with Crippen LogP contribution in [-0.2, 0) is 16.0 Å². The number of methoxy groups -OCH3 is 2. The number of H-pyrrole nitrogens is 1. The third-order valence-electron chi connectivity index (χ3n) is 7.03. The van der Waals surface area contributed by atoms with Crippen LogP contribution in [0, 0.1) is 5.92 Å². The number of benzene rings is 2. The third kappa shape index (κ3) is 4.54. The molecule has 2 unspecified atom stereocenters. The lowest BCUT2D eigenvalue weighted by Crippen LogP contribution is -2.27. The number of fused-ring (bicyclic) bond motifs is 1. The van der Waals surface area contributed by atoms with Gasteiger partial charge in [0.1, 0.15) is 5.75 Å². The standard InChI is InChI=1S/C28H34N2O4/c1-5-7-21(22-10-9-20(28(32)34-4)16-26(22)33-3)24-17-29-25-11-8-18(15-23(24)25)14-19-12-13-30(6-2)27(19)31/h8-11,15-17,19,21,29H,5-7,12-14H2,1-4H3. The first-order valence-corrected chi connectivity index (χ1v) is 12.2. The number of aromatic amines is 1. The molecule has 1 N–H and O–H groups in total. The van der Waals surface area contributed by atoms with Crippen molar-refractivity contribution in [1.82, 2.24) is 9.88 Å². The molecule has 6 heteroatoms. The molecular formula is C28H34N2O4. The molecule has 0 aliphatic carbocycles. The van der Waals surface area contributed by atoms with E-state index in [0.29, 0.717) is 11.3 Å². The van der Waals surface area contributed by atoms with Crippen molar-refractivity contribution in [3.63, 3.8) is 0 Å². The molecule has 1 saturated heterocycles. The summed E-state index contributed by atoms with van der Waals surface area (Å²) in [6.07, 6.45) is 5.72. The van der Waals surface area contributed by atoms with Crippen molar-refractivity contribution < 1.29 is 19.1 Å². The number of carbonyl (C=O) groups is 2. The fourth-order valence-corrected chi connectivity index (χ4v) is 5.21. The maximum Gasteiger partial charge on any atom is 0.337 e. The summed E-state index contributed by atoms with van der Waals surface area (Å²) in [6.45, 7) is 5.86. The number of aromatic nitrogens is 1.